The number of fused-ring (bicyclic) bond motifs is 1. The number of hydrogen-bond donors (Lipinski definition) is 1. The van der Waals surface area contributed by atoms with Crippen LogP contribution in [0.1, 0.15) is 0 Å². The molecular formula is C12H15N5O. The Morgan fingerprint density at radius 3 is 2.89 bits per heavy atom. The molecule has 1 aliphatic heterocycles. The molecule has 0 atom stereocenters. The molecule has 3 rings (SSSR count). The lowest BCUT2D eigenvalue weighted by Crippen LogP contribution is -2.44. The summed E-state index contributed by atoms with van der Waals surface area (Å²) in [5.41, 5.74) is 0.866. The maximum absolute atomic E-state index is 5.20. The molecule has 1 N–H and O–H groups in total. The van der Waals surface area contributed by atoms with Gasteiger partial charge in [0.05, 0.1) is 18.0 Å². The summed E-state index contributed by atoms with van der Waals surface area (Å²) in [4.78, 5) is 15.3. The van der Waals surface area contributed by atoms with Gasteiger partial charge < -0.3 is 15.0 Å². The molecule has 0 saturated carbocycles. The van der Waals surface area contributed by atoms with Crippen molar-refractivity contribution in [1.82, 2.24) is 20.3 Å². The van der Waals surface area contributed by atoms with Crippen molar-refractivity contribution in [2.75, 3.05) is 38.2 Å². The molecule has 0 aromatic carbocycles. The first-order valence-electron chi connectivity index (χ1n) is 6.00. The molecule has 0 spiro atoms. The Balaban J connectivity index is 2.00. The van der Waals surface area contributed by atoms with Gasteiger partial charge in [-0.05, 0) is 6.07 Å². The van der Waals surface area contributed by atoms with Gasteiger partial charge in [0.25, 0.3) is 0 Å². The molecule has 1 fully saturated rings. The monoisotopic (exact) mass is 245 g/mol. The fourth-order valence-electron chi connectivity index (χ4n) is 2.10. The molecule has 1 aliphatic rings. The number of nitrogens with zero attached hydrogens (tertiary/aromatic N) is 4. The van der Waals surface area contributed by atoms with Crippen LogP contribution in [0.3, 0.4) is 0 Å². The Labute approximate surface area is 105 Å². The lowest BCUT2D eigenvalue weighted by Gasteiger charge is -2.27. The van der Waals surface area contributed by atoms with Gasteiger partial charge in [0.15, 0.2) is 0 Å². The van der Waals surface area contributed by atoms with Crippen LogP contribution in [0.5, 0.6) is 5.88 Å². The van der Waals surface area contributed by atoms with Gasteiger partial charge in [-0.2, -0.15) is 0 Å². The fourth-order valence-corrected chi connectivity index (χ4v) is 2.10. The SMILES string of the molecule is COc1nccc2nc(N3CCNCC3)ncc12. The van der Waals surface area contributed by atoms with Crippen molar-refractivity contribution in [3.8, 4) is 5.88 Å². The molecule has 18 heavy (non-hydrogen) atoms. The summed E-state index contributed by atoms with van der Waals surface area (Å²) in [5.74, 6) is 1.34. The molecule has 2 aromatic rings. The Morgan fingerprint density at radius 1 is 1.28 bits per heavy atom. The van der Waals surface area contributed by atoms with E-state index in [0.717, 1.165) is 43.0 Å². The van der Waals surface area contributed by atoms with Crippen molar-refractivity contribution in [3.63, 3.8) is 0 Å². The van der Waals surface area contributed by atoms with Crippen LogP contribution in [-0.2, 0) is 0 Å². The summed E-state index contributed by atoms with van der Waals surface area (Å²) < 4.78 is 5.20. The molecule has 3 heterocycles. The number of nitrogens with one attached hydrogen (secondary N) is 1. The molecule has 2 aromatic heterocycles. The molecule has 1 saturated heterocycles. The van der Waals surface area contributed by atoms with Crippen molar-refractivity contribution >= 4 is 16.9 Å². The standard InChI is InChI=1S/C12H15N5O/c1-18-11-9-8-15-12(16-10(9)2-3-14-11)17-6-4-13-5-7-17/h2-3,8,13H,4-7H2,1H3. The van der Waals surface area contributed by atoms with Gasteiger partial charge in [0, 0.05) is 38.6 Å². The average molecular weight is 245 g/mol. The van der Waals surface area contributed by atoms with Crippen LogP contribution >= 0.6 is 0 Å². The zero-order chi connectivity index (χ0) is 12.4. The lowest BCUT2D eigenvalue weighted by molar-refractivity contribution is 0.403. The van der Waals surface area contributed by atoms with Crippen molar-refractivity contribution in [2.45, 2.75) is 0 Å². The number of hydrogen-bond acceptors (Lipinski definition) is 6. The van der Waals surface area contributed by atoms with Gasteiger partial charge in [0.2, 0.25) is 11.8 Å². The highest BCUT2D eigenvalue weighted by atomic mass is 16.5. The first-order chi connectivity index (χ1) is 8.88. The Hall–Kier alpha value is -1.95. The number of methoxy groups -OCH3 is 1. The third-order valence-corrected chi connectivity index (χ3v) is 3.05. The van der Waals surface area contributed by atoms with Crippen LogP contribution in [0.4, 0.5) is 5.95 Å². The van der Waals surface area contributed by atoms with E-state index < -0.39 is 0 Å². The van der Waals surface area contributed by atoms with Crippen molar-refractivity contribution in [2.24, 2.45) is 0 Å². The number of piperazine rings is 1. The summed E-state index contributed by atoms with van der Waals surface area (Å²) in [5, 5.41) is 4.16. The van der Waals surface area contributed by atoms with Crippen LogP contribution in [0.25, 0.3) is 10.9 Å². The second-order valence-electron chi connectivity index (χ2n) is 4.16. The van der Waals surface area contributed by atoms with Crippen LogP contribution in [0, 0.1) is 0 Å². The minimum atomic E-state index is 0.569. The van der Waals surface area contributed by atoms with Crippen LogP contribution in [0.15, 0.2) is 18.5 Å². The highest BCUT2D eigenvalue weighted by Gasteiger charge is 2.14. The molecule has 0 amide bonds. The van der Waals surface area contributed by atoms with E-state index in [0.29, 0.717) is 5.88 Å². The smallest absolute Gasteiger partial charge is 0.225 e. The molecule has 6 heteroatoms. The highest BCUT2D eigenvalue weighted by molar-refractivity contribution is 5.83. The number of anilines is 1. The number of ether oxygens (including phenoxy) is 1. The van der Waals surface area contributed by atoms with Gasteiger partial charge in [-0.3, -0.25) is 0 Å². The van der Waals surface area contributed by atoms with Gasteiger partial charge in [-0.1, -0.05) is 0 Å². The molecule has 0 aliphatic carbocycles. The minimum absolute atomic E-state index is 0.569. The maximum atomic E-state index is 5.20. The number of rotatable bonds is 2. The third-order valence-electron chi connectivity index (χ3n) is 3.05. The zero-order valence-electron chi connectivity index (χ0n) is 10.3. The van der Waals surface area contributed by atoms with Crippen LogP contribution in [0.2, 0.25) is 0 Å². The van der Waals surface area contributed by atoms with E-state index in [9.17, 15) is 0 Å². The molecule has 0 unspecified atom stereocenters. The van der Waals surface area contributed by atoms with E-state index in [2.05, 4.69) is 25.2 Å². The van der Waals surface area contributed by atoms with Crippen molar-refractivity contribution in [3.05, 3.63) is 18.5 Å². The number of aromatic nitrogens is 3. The van der Waals surface area contributed by atoms with Crippen molar-refractivity contribution < 1.29 is 4.74 Å². The fraction of sp³-hybridized carbons (Fsp3) is 0.417. The Bertz CT molecular complexity index is 553. The first kappa shape index (κ1) is 11.2. The molecule has 0 radical (unpaired) electrons. The van der Waals surface area contributed by atoms with Crippen LogP contribution < -0.4 is 15.0 Å². The topological polar surface area (TPSA) is 63.2 Å². The van der Waals surface area contributed by atoms with E-state index in [-0.39, 0.29) is 0 Å². The van der Waals surface area contributed by atoms with Gasteiger partial charge in [-0.15, -0.1) is 0 Å². The zero-order valence-corrected chi connectivity index (χ0v) is 10.3. The highest BCUT2D eigenvalue weighted by Crippen LogP contribution is 2.22. The summed E-state index contributed by atoms with van der Waals surface area (Å²) >= 11 is 0. The van der Waals surface area contributed by atoms with E-state index in [1.807, 2.05) is 6.07 Å². The quantitative estimate of drug-likeness (QED) is 0.828. The maximum Gasteiger partial charge on any atom is 0.225 e. The van der Waals surface area contributed by atoms with E-state index in [1.54, 1.807) is 19.5 Å². The third kappa shape index (κ3) is 1.95. The van der Waals surface area contributed by atoms with Crippen LogP contribution in [-0.4, -0.2) is 48.2 Å². The normalized spacial score (nSPS) is 15.9. The largest absolute Gasteiger partial charge is 0.480 e. The molecule has 6 nitrogen and oxygen atoms in total. The van der Waals surface area contributed by atoms with Gasteiger partial charge in [0.1, 0.15) is 0 Å². The van der Waals surface area contributed by atoms with Gasteiger partial charge in [-0.25, -0.2) is 15.0 Å². The predicted octanol–water partition coefficient (Wildman–Crippen LogP) is 0.443. The van der Waals surface area contributed by atoms with Crippen molar-refractivity contribution in [1.29, 1.82) is 0 Å². The van der Waals surface area contributed by atoms with E-state index in [1.165, 1.54) is 0 Å². The van der Waals surface area contributed by atoms with Gasteiger partial charge >= 0.3 is 0 Å². The predicted molar refractivity (Wildman–Crippen MR) is 69.0 cm³/mol. The molecular weight excluding hydrogens is 230 g/mol. The number of pyridine rings is 1. The summed E-state index contributed by atoms with van der Waals surface area (Å²) in [7, 11) is 1.60. The molecule has 0 bridgehead atoms. The Morgan fingerprint density at radius 2 is 2.11 bits per heavy atom. The Kier molecular flexibility index (Phi) is 2.93. The lowest BCUT2D eigenvalue weighted by atomic mass is 10.3. The summed E-state index contributed by atoms with van der Waals surface area (Å²) in [6.07, 6.45) is 3.49. The second-order valence-corrected chi connectivity index (χ2v) is 4.16. The van der Waals surface area contributed by atoms with E-state index >= 15 is 0 Å². The first-order valence-corrected chi connectivity index (χ1v) is 6.00. The second kappa shape index (κ2) is 4.73. The minimum Gasteiger partial charge on any atom is -0.480 e. The van der Waals surface area contributed by atoms with E-state index in [4.69, 9.17) is 4.74 Å². The molecule has 94 valence electrons. The summed E-state index contributed by atoms with van der Waals surface area (Å²) in [6, 6.07) is 1.88. The summed E-state index contributed by atoms with van der Waals surface area (Å²) in [6.45, 7) is 3.82. The average Bonchev–Trinajstić information content (AvgIpc) is 2.47.